The van der Waals surface area contributed by atoms with E-state index in [9.17, 15) is 0 Å². The molecule has 0 spiro atoms. The van der Waals surface area contributed by atoms with E-state index in [-0.39, 0.29) is 0 Å². The fourth-order valence-corrected chi connectivity index (χ4v) is 2.58. The molecule has 0 heterocycles. The van der Waals surface area contributed by atoms with Gasteiger partial charge in [-0.3, -0.25) is 0 Å². The Morgan fingerprint density at radius 2 is 1.64 bits per heavy atom. The van der Waals surface area contributed by atoms with Crippen LogP contribution in [0.3, 0.4) is 0 Å². The first-order chi connectivity index (χ1) is 6.45. The van der Waals surface area contributed by atoms with Gasteiger partial charge in [0.15, 0.2) is 0 Å². The van der Waals surface area contributed by atoms with Crippen molar-refractivity contribution in [3.63, 3.8) is 0 Å². The molecule has 0 amide bonds. The van der Waals surface area contributed by atoms with Gasteiger partial charge < -0.3 is 0 Å². The molecule has 0 aromatic carbocycles. The maximum absolute atomic E-state index is 4.18. The van der Waals surface area contributed by atoms with E-state index in [4.69, 9.17) is 0 Å². The molecule has 0 aromatic heterocycles. The predicted octanol–water partition coefficient (Wildman–Crippen LogP) is 5.24. The van der Waals surface area contributed by atoms with Crippen LogP contribution in [0.15, 0.2) is 12.2 Å². The van der Waals surface area contributed by atoms with Crippen molar-refractivity contribution >= 4 is 8.07 Å². The van der Waals surface area contributed by atoms with Crippen molar-refractivity contribution in [1.29, 1.82) is 0 Å². The number of allylic oxidation sites excluding steroid dienone is 1. The Balaban J connectivity index is 3.38. The van der Waals surface area contributed by atoms with Crippen LogP contribution >= 0.6 is 0 Å². The molecular formula is C13H28Si. The van der Waals surface area contributed by atoms with Crippen LogP contribution in [0, 0.1) is 0 Å². The molecule has 0 radical (unpaired) electrons. The summed E-state index contributed by atoms with van der Waals surface area (Å²) in [5.41, 5.74) is 1.49. The minimum absolute atomic E-state index is 0.835. The van der Waals surface area contributed by atoms with E-state index in [1.807, 2.05) is 0 Å². The lowest BCUT2D eigenvalue weighted by atomic mass is 10.1. The SMILES string of the molecule is C=C(CCCCCC)CC[Si](C)(C)C. The standard InChI is InChI=1S/C13H28Si/c1-6-7-8-9-10-13(2)11-12-14(3,4)5/h2,6-12H2,1,3-5H3. The fourth-order valence-electron chi connectivity index (χ4n) is 1.48. The van der Waals surface area contributed by atoms with Crippen molar-refractivity contribution in [2.75, 3.05) is 0 Å². The van der Waals surface area contributed by atoms with Gasteiger partial charge in [0.25, 0.3) is 0 Å². The number of hydrogen-bond acceptors (Lipinski definition) is 0. The van der Waals surface area contributed by atoms with Gasteiger partial charge in [0.05, 0.1) is 0 Å². The molecule has 0 unspecified atom stereocenters. The zero-order valence-electron chi connectivity index (χ0n) is 10.7. The Kier molecular flexibility index (Phi) is 7.25. The summed E-state index contributed by atoms with van der Waals surface area (Å²) in [7, 11) is -0.835. The molecule has 0 atom stereocenters. The number of rotatable bonds is 8. The van der Waals surface area contributed by atoms with Crippen LogP contribution in [0.2, 0.25) is 25.7 Å². The topological polar surface area (TPSA) is 0 Å². The minimum atomic E-state index is -0.835. The third-order valence-electron chi connectivity index (χ3n) is 2.61. The summed E-state index contributed by atoms with van der Waals surface area (Å²) in [6.45, 7) is 13.8. The van der Waals surface area contributed by atoms with Gasteiger partial charge in [-0.2, -0.15) is 0 Å². The van der Waals surface area contributed by atoms with Crippen LogP contribution < -0.4 is 0 Å². The molecule has 0 aliphatic carbocycles. The molecule has 0 saturated heterocycles. The molecule has 0 rings (SSSR count). The normalized spacial score (nSPS) is 11.7. The van der Waals surface area contributed by atoms with Crippen molar-refractivity contribution in [3.8, 4) is 0 Å². The van der Waals surface area contributed by atoms with Crippen LogP contribution in [-0.2, 0) is 0 Å². The summed E-state index contributed by atoms with van der Waals surface area (Å²) in [6, 6.07) is 1.42. The van der Waals surface area contributed by atoms with E-state index in [1.54, 1.807) is 0 Å². The van der Waals surface area contributed by atoms with E-state index >= 15 is 0 Å². The van der Waals surface area contributed by atoms with Crippen molar-refractivity contribution in [1.82, 2.24) is 0 Å². The lowest BCUT2D eigenvalue weighted by Gasteiger charge is -2.16. The maximum atomic E-state index is 4.18. The Labute approximate surface area is 91.8 Å². The summed E-state index contributed by atoms with van der Waals surface area (Å²) in [5.74, 6) is 0. The Morgan fingerprint density at radius 1 is 1.00 bits per heavy atom. The van der Waals surface area contributed by atoms with E-state index < -0.39 is 8.07 Å². The predicted molar refractivity (Wildman–Crippen MR) is 70.7 cm³/mol. The highest BCUT2D eigenvalue weighted by molar-refractivity contribution is 6.76. The van der Waals surface area contributed by atoms with Gasteiger partial charge in [-0.15, -0.1) is 0 Å². The van der Waals surface area contributed by atoms with Crippen molar-refractivity contribution in [2.45, 2.75) is 71.1 Å². The zero-order chi connectivity index (χ0) is 11.0. The largest absolute Gasteiger partial charge is 0.0999 e. The molecule has 0 aromatic rings. The van der Waals surface area contributed by atoms with E-state index in [2.05, 4.69) is 33.1 Å². The van der Waals surface area contributed by atoms with E-state index in [1.165, 1.54) is 50.1 Å². The van der Waals surface area contributed by atoms with Crippen LogP contribution in [-0.4, -0.2) is 8.07 Å². The maximum Gasteiger partial charge on any atom is 0.0445 e. The average molecular weight is 212 g/mol. The summed E-state index contributed by atoms with van der Waals surface area (Å²) >= 11 is 0. The Morgan fingerprint density at radius 3 is 2.14 bits per heavy atom. The summed E-state index contributed by atoms with van der Waals surface area (Å²) in [4.78, 5) is 0. The van der Waals surface area contributed by atoms with Crippen LogP contribution in [0.5, 0.6) is 0 Å². The van der Waals surface area contributed by atoms with Crippen LogP contribution in [0.25, 0.3) is 0 Å². The third-order valence-corrected chi connectivity index (χ3v) is 4.36. The van der Waals surface area contributed by atoms with Gasteiger partial charge in [0.1, 0.15) is 0 Å². The Bertz CT molecular complexity index is 153. The lowest BCUT2D eigenvalue weighted by Crippen LogP contribution is -2.18. The average Bonchev–Trinajstić information content (AvgIpc) is 2.08. The van der Waals surface area contributed by atoms with Crippen molar-refractivity contribution < 1.29 is 0 Å². The first kappa shape index (κ1) is 14.0. The monoisotopic (exact) mass is 212 g/mol. The van der Waals surface area contributed by atoms with Gasteiger partial charge in [0, 0.05) is 8.07 Å². The first-order valence-electron chi connectivity index (χ1n) is 6.12. The lowest BCUT2D eigenvalue weighted by molar-refractivity contribution is 0.658. The summed E-state index contributed by atoms with van der Waals surface area (Å²) in [6.07, 6.45) is 8.02. The molecule has 0 nitrogen and oxygen atoms in total. The second kappa shape index (κ2) is 7.28. The molecule has 0 saturated carbocycles. The molecular weight excluding hydrogens is 184 g/mol. The number of hydrogen-bond donors (Lipinski definition) is 0. The van der Waals surface area contributed by atoms with Crippen molar-refractivity contribution in [2.24, 2.45) is 0 Å². The molecule has 0 aliphatic rings. The molecule has 0 fully saturated rings. The highest BCUT2D eigenvalue weighted by Gasteiger charge is 2.12. The zero-order valence-corrected chi connectivity index (χ0v) is 11.7. The van der Waals surface area contributed by atoms with E-state index in [0.29, 0.717) is 0 Å². The molecule has 14 heavy (non-hydrogen) atoms. The molecule has 84 valence electrons. The minimum Gasteiger partial charge on any atom is -0.0999 e. The molecule has 1 heteroatoms. The van der Waals surface area contributed by atoms with Gasteiger partial charge in [-0.25, -0.2) is 0 Å². The third kappa shape index (κ3) is 10.0. The highest BCUT2D eigenvalue weighted by atomic mass is 28.3. The van der Waals surface area contributed by atoms with Gasteiger partial charge >= 0.3 is 0 Å². The second-order valence-corrected chi connectivity index (χ2v) is 11.2. The second-order valence-electron chi connectivity index (χ2n) is 5.62. The smallest absolute Gasteiger partial charge is 0.0445 e. The first-order valence-corrected chi connectivity index (χ1v) is 9.83. The Hall–Kier alpha value is -0.0431. The molecule has 0 N–H and O–H groups in total. The summed E-state index contributed by atoms with van der Waals surface area (Å²) in [5, 5.41) is 0. The fraction of sp³-hybridized carbons (Fsp3) is 0.846. The summed E-state index contributed by atoms with van der Waals surface area (Å²) < 4.78 is 0. The van der Waals surface area contributed by atoms with E-state index in [0.717, 1.165) is 0 Å². The number of unbranched alkanes of at least 4 members (excludes halogenated alkanes) is 3. The molecule has 0 aliphatic heterocycles. The van der Waals surface area contributed by atoms with Gasteiger partial charge in [0.2, 0.25) is 0 Å². The van der Waals surface area contributed by atoms with Crippen molar-refractivity contribution in [3.05, 3.63) is 12.2 Å². The molecule has 0 bridgehead atoms. The van der Waals surface area contributed by atoms with Crippen LogP contribution in [0.4, 0.5) is 0 Å². The van der Waals surface area contributed by atoms with Gasteiger partial charge in [-0.05, 0) is 19.3 Å². The van der Waals surface area contributed by atoms with Gasteiger partial charge in [-0.1, -0.05) is 64.0 Å². The highest BCUT2D eigenvalue weighted by Crippen LogP contribution is 2.19. The quantitative estimate of drug-likeness (QED) is 0.293. The van der Waals surface area contributed by atoms with Crippen LogP contribution in [0.1, 0.15) is 45.4 Å².